The molecule has 0 saturated carbocycles. The third-order valence-corrected chi connectivity index (χ3v) is 4.36. The highest BCUT2D eigenvalue weighted by atomic mass is 16.5. The molecule has 1 aromatic rings. The average molecular weight is 321 g/mol. The van der Waals surface area contributed by atoms with E-state index in [0.29, 0.717) is 23.9 Å². The zero-order chi connectivity index (χ0) is 16.7. The minimum atomic E-state index is -0.538. The predicted molar refractivity (Wildman–Crippen MR) is 88.8 cm³/mol. The number of carbonyl (C=O) groups excluding carboxylic acids is 1. The van der Waals surface area contributed by atoms with Crippen LogP contribution in [-0.4, -0.2) is 54.9 Å². The number of hydrogen-bond acceptors (Lipinski definition) is 5. The molecule has 1 saturated heterocycles. The average Bonchev–Trinajstić information content (AvgIpc) is 2.60. The standard InChI is InChI=1S/C18H27NO4/c1-3-15-8-4-5-10-19(15)12-16(20)13-23-17-9-6-7-14(11-17)18(21)22-2/h6-7,9,11,15-16,20H,3-5,8,10,12-13H2,1-2H3/t15-,16+/m0/s1. The van der Waals surface area contributed by atoms with Crippen LogP contribution in [-0.2, 0) is 4.74 Å². The molecule has 23 heavy (non-hydrogen) atoms. The van der Waals surface area contributed by atoms with Crippen LogP contribution >= 0.6 is 0 Å². The van der Waals surface area contributed by atoms with Gasteiger partial charge in [0.25, 0.3) is 0 Å². The second kappa shape index (κ2) is 8.89. The largest absolute Gasteiger partial charge is 0.491 e. The molecule has 1 N–H and O–H groups in total. The van der Waals surface area contributed by atoms with Crippen molar-refractivity contribution in [3.05, 3.63) is 29.8 Å². The van der Waals surface area contributed by atoms with Crippen molar-refractivity contribution in [2.24, 2.45) is 0 Å². The Morgan fingerprint density at radius 3 is 3.00 bits per heavy atom. The van der Waals surface area contributed by atoms with E-state index in [2.05, 4.69) is 11.8 Å². The number of aliphatic hydroxyl groups excluding tert-OH is 1. The summed E-state index contributed by atoms with van der Waals surface area (Å²) in [5.41, 5.74) is 0.446. The van der Waals surface area contributed by atoms with Crippen LogP contribution in [0.4, 0.5) is 0 Å². The van der Waals surface area contributed by atoms with E-state index in [4.69, 9.17) is 9.47 Å². The van der Waals surface area contributed by atoms with Crippen molar-refractivity contribution in [2.45, 2.75) is 44.8 Å². The maximum atomic E-state index is 11.5. The number of rotatable bonds is 7. The lowest BCUT2D eigenvalue weighted by molar-refractivity contribution is 0.0387. The lowest BCUT2D eigenvalue weighted by Gasteiger charge is -2.36. The molecule has 0 radical (unpaired) electrons. The summed E-state index contributed by atoms with van der Waals surface area (Å²) >= 11 is 0. The molecule has 1 aromatic carbocycles. The van der Waals surface area contributed by atoms with Crippen molar-refractivity contribution in [3.8, 4) is 5.75 Å². The topological polar surface area (TPSA) is 59.0 Å². The van der Waals surface area contributed by atoms with Gasteiger partial charge in [-0.05, 0) is 44.0 Å². The molecule has 2 atom stereocenters. The van der Waals surface area contributed by atoms with Crippen LogP contribution in [0.5, 0.6) is 5.75 Å². The van der Waals surface area contributed by atoms with E-state index in [1.165, 1.54) is 26.4 Å². The third kappa shape index (κ3) is 5.22. The highest BCUT2D eigenvalue weighted by Crippen LogP contribution is 2.20. The normalized spacial score (nSPS) is 20.0. The van der Waals surface area contributed by atoms with Crippen molar-refractivity contribution >= 4 is 5.97 Å². The van der Waals surface area contributed by atoms with Crippen molar-refractivity contribution in [1.82, 2.24) is 4.90 Å². The summed E-state index contributed by atoms with van der Waals surface area (Å²) in [6, 6.07) is 7.39. The fourth-order valence-electron chi connectivity index (χ4n) is 3.11. The summed E-state index contributed by atoms with van der Waals surface area (Å²) in [6.45, 7) is 4.10. The van der Waals surface area contributed by atoms with Crippen molar-refractivity contribution in [3.63, 3.8) is 0 Å². The first-order valence-electron chi connectivity index (χ1n) is 8.37. The van der Waals surface area contributed by atoms with Gasteiger partial charge < -0.3 is 14.6 Å². The van der Waals surface area contributed by atoms with Gasteiger partial charge in [-0.1, -0.05) is 19.4 Å². The van der Waals surface area contributed by atoms with Gasteiger partial charge in [0.05, 0.1) is 12.7 Å². The van der Waals surface area contributed by atoms with E-state index in [0.717, 1.165) is 13.0 Å². The molecule has 1 aliphatic heterocycles. The summed E-state index contributed by atoms with van der Waals surface area (Å²) in [5, 5.41) is 10.2. The second-order valence-corrected chi connectivity index (χ2v) is 6.04. The number of carbonyl (C=O) groups is 1. The Morgan fingerprint density at radius 2 is 2.26 bits per heavy atom. The van der Waals surface area contributed by atoms with Crippen LogP contribution in [0, 0.1) is 0 Å². The lowest BCUT2D eigenvalue weighted by atomic mass is 10.00. The number of ether oxygens (including phenoxy) is 2. The van der Waals surface area contributed by atoms with Gasteiger partial charge in [0.1, 0.15) is 18.5 Å². The van der Waals surface area contributed by atoms with Crippen LogP contribution in [0.3, 0.4) is 0 Å². The molecule has 0 aromatic heterocycles. The van der Waals surface area contributed by atoms with E-state index in [1.54, 1.807) is 24.3 Å². The van der Waals surface area contributed by atoms with E-state index in [-0.39, 0.29) is 6.61 Å². The molecule has 5 heteroatoms. The Labute approximate surface area is 138 Å². The van der Waals surface area contributed by atoms with E-state index in [1.807, 2.05) is 0 Å². The maximum Gasteiger partial charge on any atom is 0.337 e. The molecule has 0 spiro atoms. The molecule has 0 aliphatic carbocycles. The Balaban J connectivity index is 1.84. The monoisotopic (exact) mass is 321 g/mol. The summed E-state index contributed by atoms with van der Waals surface area (Å²) in [7, 11) is 1.35. The highest BCUT2D eigenvalue weighted by Gasteiger charge is 2.23. The number of piperidine rings is 1. The predicted octanol–water partition coefficient (Wildman–Crippen LogP) is 2.48. The van der Waals surface area contributed by atoms with Gasteiger partial charge in [-0.15, -0.1) is 0 Å². The lowest BCUT2D eigenvalue weighted by Crippen LogP contribution is -2.44. The number of nitrogens with zero attached hydrogens (tertiary/aromatic N) is 1. The Hall–Kier alpha value is -1.59. The molecular formula is C18H27NO4. The van der Waals surface area contributed by atoms with Gasteiger partial charge in [0.2, 0.25) is 0 Å². The zero-order valence-electron chi connectivity index (χ0n) is 14.0. The summed E-state index contributed by atoms with van der Waals surface area (Å²) in [5.74, 6) is 0.174. The molecule has 1 fully saturated rings. The van der Waals surface area contributed by atoms with Gasteiger partial charge in [-0.2, -0.15) is 0 Å². The number of likely N-dealkylation sites (tertiary alicyclic amines) is 1. The zero-order valence-corrected chi connectivity index (χ0v) is 14.0. The Kier molecular flexibility index (Phi) is 6.86. The molecule has 1 heterocycles. The van der Waals surface area contributed by atoms with Gasteiger partial charge in [0.15, 0.2) is 0 Å². The quantitative estimate of drug-likeness (QED) is 0.782. The van der Waals surface area contributed by atoms with Crippen molar-refractivity contribution in [1.29, 1.82) is 0 Å². The molecule has 1 aliphatic rings. The number of aliphatic hydroxyl groups is 1. The number of esters is 1. The molecule has 0 amide bonds. The first-order chi connectivity index (χ1) is 11.1. The number of β-amino-alcohol motifs (C(OH)–C–C–N with tert-alkyl or cyclic N) is 1. The third-order valence-electron chi connectivity index (χ3n) is 4.36. The summed E-state index contributed by atoms with van der Waals surface area (Å²) in [6.07, 6.45) is 4.27. The van der Waals surface area contributed by atoms with Crippen LogP contribution < -0.4 is 4.74 Å². The maximum absolute atomic E-state index is 11.5. The van der Waals surface area contributed by atoms with Crippen LogP contribution in [0.25, 0.3) is 0 Å². The van der Waals surface area contributed by atoms with Crippen LogP contribution in [0.15, 0.2) is 24.3 Å². The van der Waals surface area contributed by atoms with Gasteiger partial charge >= 0.3 is 5.97 Å². The molecule has 128 valence electrons. The van der Waals surface area contributed by atoms with Gasteiger partial charge in [0, 0.05) is 12.6 Å². The Bertz CT molecular complexity index is 506. The SMILES string of the molecule is CC[C@H]1CCCCN1C[C@@H](O)COc1cccc(C(=O)OC)c1. The first-order valence-corrected chi connectivity index (χ1v) is 8.37. The fraction of sp³-hybridized carbons (Fsp3) is 0.611. The van der Waals surface area contributed by atoms with E-state index < -0.39 is 12.1 Å². The fourth-order valence-corrected chi connectivity index (χ4v) is 3.11. The minimum absolute atomic E-state index is 0.220. The van der Waals surface area contributed by atoms with Crippen LogP contribution in [0.2, 0.25) is 0 Å². The smallest absolute Gasteiger partial charge is 0.337 e. The molecule has 0 bridgehead atoms. The summed E-state index contributed by atoms with van der Waals surface area (Å²) in [4.78, 5) is 13.9. The highest BCUT2D eigenvalue weighted by molar-refractivity contribution is 5.89. The Morgan fingerprint density at radius 1 is 1.43 bits per heavy atom. The molecule has 2 rings (SSSR count). The second-order valence-electron chi connectivity index (χ2n) is 6.04. The van der Waals surface area contributed by atoms with Gasteiger partial charge in [-0.3, -0.25) is 4.90 Å². The number of benzene rings is 1. The molecule has 0 unspecified atom stereocenters. The van der Waals surface area contributed by atoms with Gasteiger partial charge in [-0.25, -0.2) is 4.79 Å². The number of methoxy groups -OCH3 is 1. The van der Waals surface area contributed by atoms with Crippen molar-refractivity contribution in [2.75, 3.05) is 26.8 Å². The molecular weight excluding hydrogens is 294 g/mol. The first kappa shape index (κ1) is 17.8. The van der Waals surface area contributed by atoms with Crippen LogP contribution in [0.1, 0.15) is 43.0 Å². The molecule has 5 nitrogen and oxygen atoms in total. The number of hydrogen-bond donors (Lipinski definition) is 1. The summed E-state index contributed by atoms with van der Waals surface area (Å²) < 4.78 is 10.3. The van der Waals surface area contributed by atoms with E-state index in [9.17, 15) is 9.90 Å². The van der Waals surface area contributed by atoms with E-state index >= 15 is 0 Å². The van der Waals surface area contributed by atoms with Crippen molar-refractivity contribution < 1.29 is 19.4 Å². The minimum Gasteiger partial charge on any atom is -0.491 e.